The summed E-state index contributed by atoms with van der Waals surface area (Å²) in [5, 5.41) is 6.94. The summed E-state index contributed by atoms with van der Waals surface area (Å²) in [4.78, 5) is 31.4. The van der Waals surface area contributed by atoms with Gasteiger partial charge >= 0.3 is 6.18 Å². The van der Waals surface area contributed by atoms with Crippen LogP contribution in [0.1, 0.15) is 44.9 Å². The van der Waals surface area contributed by atoms with E-state index in [1.54, 1.807) is 19.2 Å². The van der Waals surface area contributed by atoms with Crippen LogP contribution in [0.25, 0.3) is 0 Å². The number of nitrogens with zero attached hydrogens (tertiary/aromatic N) is 4. The molecule has 32 heavy (non-hydrogen) atoms. The molecule has 1 aromatic carbocycles. The van der Waals surface area contributed by atoms with Crippen molar-refractivity contribution in [1.29, 1.82) is 0 Å². The Bertz CT molecular complexity index is 1160. The number of fused-ring (bicyclic) bond motifs is 1. The van der Waals surface area contributed by atoms with Gasteiger partial charge in [0.2, 0.25) is 0 Å². The molecule has 0 radical (unpaired) electrons. The Labute approximate surface area is 188 Å². The largest absolute Gasteiger partial charge is 0.416 e. The summed E-state index contributed by atoms with van der Waals surface area (Å²) in [6.07, 6.45) is -0.00315. The molecule has 0 bridgehead atoms. The molecule has 1 N–H and O–H groups in total. The van der Waals surface area contributed by atoms with Gasteiger partial charge in [0, 0.05) is 30.3 Å². The van der Waals surface area contributed by atoms with E-state index in [1.165, 1.54) is 34.1 Å². The number of benzene rings is 1. The van der Waals surface area contributed by atoms with Gasteiger partial charge in [0.25, 0.3) is 11.8 Å². The number of aryl methyl sites for hydroxylation is 1. The van der Waals surface area contributed by atoms with E-state index in [1.807, 2.05) is 6.92 Å². The van der Waals surface area contributed by atoms with Crippen LogP contribution in [0.3, 0.4) is 0 Å². The lowest BCUT2D eigenvalue weighted by Gasteiger charge is -2.32. The molecule has 0 fully saturated rings. The van der Waals surface area contributed by atoms with Crippen LogP contribution in [0.15, 0.2) is 48.9 Å². The number of carbonyl (C=O) groups excluding carboxylic acids is 2. The van der Waals surface area contributed by atoms with Crippen molar-refractivity contribution in [3.05, 3.63) is 71.3 Å². The number of anilines is 2. The monoisotopic (exact) mass is 463 g/mol. The van der Waals surface area contributed by atoms with Gasteiger partial charge in [0.05, 0.1) is 23.4 Å². The highest BCUT2D eigenvalue weighted by Crippen LogP contribution is 2.33. The van der Waals surface area contributed by atoms with Crippen LogP contribution in [0, 0.1) is 6.92 Å². The third-order valence-corrected chi connectivity index (χ3v) is 5.13. The third kappa shape index (κ3) is 4.20. The molecule has 11 heteroatoms. The van der Waals surface area contributed by atoms with Crippen molar-refractivity contribution in [3.63, 3.8) is 0 Å². The van der Waals surface area contributed by atoms with Crippen LogP contribution < -0.4 is 10.2 Å². The number of hydrogen-bond donors (Lipinski definition) is 1. The molecule has 0 aliphatic carbocycles. The maximum atomic E-state index is 13.2. The number of hydrogen-bond acceptors (Lipinski definition) is 4. The lowest BCUT2D eigenvalue weighted by Crippen LogP contribution is -2.43. The Morgan fingerprint density at radius 3 is 2.47 bits per heavy atom. The maximum Gasteiger partial charge on any atom is 0.416 e. The number of nitrogens with one attached hydrogen (secondary N) is 1. The first-order valence-corrected chi connectivity index (χ1v) is 9.45. The molecule has 0 unspecified atom stereocenters. The second-order valence-electron chi connectivity index (χ2n) is 7.31. The van der Waals surface area contributed by atoms with E-state index < -0.39 is 23.6 Å². The molecule has 7 nitrogen and oxygen atoms in total. The quantitative estimate of drug-likeness (QED) is 0.632. The first-order valence-electron chi connectivity index (χ1n) is 9.45. The first kappa shape index (κ1) is 23.3. The summed E-state index contributed by atoms with van der Waals surface area (Å²) in [5.74, 6) is -1.02. The van der Waals surface area contributed by atoms with Crippen molar-refractivity contribution in [2.45, 2.75) is 26.1 Å². The van der Waals surface area contributed by atoms with Crippen LogP contribution in [-0.4, -0.2) is 33.1 Å². The molecule has 0 saturated heterocycles. The number of aromatic nitrogens is 3. The molecule has 0 saturated carbocycles. The third-order valence-electron chi connectivity index (χ3n) is 5.13. The predicted octanol–water partition coefficient (Wildman–Crippen LogP) is 4.19. The van der Waals surface area contributed by atoms with E-state index in [0.717, 1.165) is 17.7 Å². The van der Waals surface area contributed by atoms with Crippen molar-refractivity contribution in [2.24, 2.45) is 0 Å². The maximum absolute atomic E-state index is 13.2. The minimum atomic E-state index is -4.47. The number of rotatable bonds is 3. The Morgan fingerprint density at radius 1 is 1.16 bits per heavy atom. The van der Waals surface area contributed by atoms with E-state index in [0.29, 0.717) is 11.4 Å². The molecule has 1 atom stereocenters. The van der Waals surface area contributed by atoms with Gasteiger partial charge in [-0.25, -0.2) is 0 Å². The molecular weight excluding hydrogens is 443 g/mol. The summed E-state index contributed by atoms with van der Waals surface area (Å²) in [5.41, 5.74) is 0.992. The summed E-state index contributed by atoms with van der Waals surface area (Å²) >= 11 is 0. The smallest absolute Gasteiger partial charge is 0.322 e. The van der Waals surface area contributed by atoms with Crippen LogP contribution in [0.5, 0.6) is 0 Å². The van der Waals surface area contributed by atoms with Crippen molar-refractivity contribution < 1.29 is 22.8 Å². The molecule has 168 valence electrons. The van der Waals surface area contributed by atoms with Gasteiger partial charge in [0.1, 0.15) is 5.69 Å². The average molecular weight is 463 g/mol. The lowest BCUT2D eigenvalue weighted by atomic mass is 10.1. The molecule has 4 rings (SSSR count). The molecule has 0 spiro atoms. The predicted molar refractivity (Wildman–Crippen MR) is 117 cm³/mol. The topological polar surface area (TPSA) is 80.1 Å². The fourth-order valence-electron chi connectivity index (χ4n) is 3.48. The van der Waals surface area contributed by atoms with Crippen LogP contribution in [0.2, 0.25) is 0 Å². The summed E-state index contributed by atoms with van der Waals surface area (Å²) in [6, 6.07) is 5.72. The van der Waals surface area contributed by atoms with Crippen LogP contribution in [-0.2, 0) is 6.18 Å². The second kappa shape index (κ2) is 8.65. The zero-order valence-electron chi connectivity index (χ0n) is 17.1. The standard InChI is InChI=1S/C21H18F3N5O2.H2S/c1-12-9-25-8-7-17(12)27-19(30)16-10-26-29-13(2)11-28(20(31)18(16)29)15-5-3-14(4-6-15)21(22,23)24;/h3-10,13H,11H2,1-2H3,(H,25,27,30);1H2/t13-;/m0./s1. The van der Waals surface area contributed by atoms with Crippen molar-refractivity contribution in [2.75, 3.05) is 16.8 Å². The van der Waals surface area contributed by atoms with Gasteiger partial charge in [-0.15, -0.1) is 0 Å². The first-order chi connectivity index (χ1) is 14.7. The molecular formula is C21H20F3N5O2S. The van der Waals surface area contributed by atoms with E-state index in [-0.39, 0.29) is 37.3 Å². The van der Waals surface area contributed by atoms with Crippen molar-refractivity contribution >= 4 is 36.7 Å². The Morgan fingerprint density at radius 2 is 1.84 bits per heavy atom. The molecule has 1 aliphatic heterocycles. The summed E-state index contributed by atoms with van der Waals surface area (Å²) in [7, 11) is 0. The van der Waals surface area contributed by atoms with Crippen LogP contribution in [0.4, 0.5) is 24.5 Å². The summed E-state index contributed by atoms with van der Waals surface area (Å²) in [6.45, 7) is 3.81. The SMILES string of the molecule is Cc1cnccc1NC(=O)c1cnn2c1C(=O)N(c1ccc(C(F)(F)F)cc1)C[C@@H]2C.S. The zero-order chi connectivity index (χ0) is 22.3. The van der Waals surface area contributed by atoms with Crippen molar-refractivity contribution in [3.8, 4) is 0 Å². The minimum absolute atomic E-state index is 0. The number of pyridine rings is 1. The minimum Gasteiger partial charge on any atom is -0.322 e. The molecule has 3 aromatic rings. The van der Waals surface area contributed by atoms with Gasteiger partial charge in [-0.2, -0.15) is 31.8 Å². The average Bonchev–Trinajstić information content (AvgIpc) is 3.18. The Kier molecular flexibility index (Phi) is 6.31. The van der Waals surface area contributed by atoms with Gasteiger partial charge in [-0.3, -0.25) is 19.3 Å². The zero-order valence-corrected chi connectivity index (χ0v) is 18.1. The fraction of sp³-hybridized carbons (Fsp3) is 0.238. The Balaban J connectivity index is 0.00000289. The molecule has 2 aromatic heterocycles. The van der Waals surface area contributed by atoms with Gasteiger partial charge in [-0.05, 0) is 49.7 Å². The van der Waals surface area contributed by atoms with E-state index >= 15 is 0 Å². The number of amides is 2. The number of alkyl halides is 3. The highest BCUT2D eigenvalue weighted by atomic mass is 32.1. The highest BCUT2D eigenvalue weighted by molar-refractivity contribution is 7.59. The van der Waals surface area contributed by atoms with E-state index in [2.05, 4.69) is 15.4 Å². The summed E-state index contributed by atoms with van der Waals surface area (Å²) < 4.78 is 40.1. The fourth-order valence-corrected chi connectivity index (χ4v) is 3.48. The van der Waals surface area contributed by atoms with Gasteiger partial charge in [0.15, 0.2) is 0 Å². The van der Waals surface area contributed by atoms with Gasteiger partial charge < -0.3 is 10.2 Å². The van der Waals surface area contributed by atoms with Gasteiger partial charge in [-0.1, -0.05) is 0 Å². The van der Waals surface area contributed by atoms with Crippen molar-refractivity contribution in [1.82, 2.24) is 14.8 Å². The number of halogens is 3. The lowest BCUT2D eigenvalue weighted by molar-refractivity contribution is -0.137. The Hall–Kier alpha value is -3.34. The van der Waals surface area contributed by atoms with Crippen LogP contribution >= 0.6 is 13.5 Å². The molecule has 1 aliphatic rings. The molecule has 3 heterocycles. The molecule has 2 amide bonds. The number of carbonyl (C=O) groups is 2. The normalized spacial score (nSPS) is 15.7. The second-order valence-corrected chi connectivity index (χ2v) is 7.31. The highest BCUT2D eigenvalue weighted by Gasteiger charge is 2.36. The van der Waals surface area contributed by atoms with E-state index in [4.69, 9.17) is 0 Å². The van der Waals surface area contributed by atoms with E-state index in [9.17, 15) is 22.8 Å².